The average molecular weight is 543 g/mol. The van der Waals surface area contributed by atoms with Gasteiger partial charge in [0.25, 0.3) is 0 Å². The van der Waals surface area contributed by atoms with Crippen molar-refractivity contribution in [2.75, 3.05) is 37.6 Å². The highest BCUT2D eigenvalue weighted by atomic mass is 35.5. The van der Waals surface area contributed by atoms with Crippen LogP contribution in [0.15, 0.2) is 40.9 Å². The van der Waals surface area contributed by atoms with Crippen LogP contribution in [0.1, 0.15) is 40.4 Å². The molecule has 6 rings (SSSR count). The van der Waals surface area contributed by atoms with E-state index >= 15 is 0 Å². The molecule has 4 aromatic rings. The first-order valence-corrected chi connectivity index (χ1v) is 13.6. The lowest BCUT2D eigenvalue weighted by Gasteiger charge is -2.34. The van der Waals surface area contributed by atoms with Crippen LogP contribution in [-0.4, -0.2) is 58.8 Å². The summed E-state index contributed by atoms with van der Waals surface area (Å²) < 4.78 is 6.71. The lowest BCUT2D eigenvalue weighted by Crippen LogP contribution is -2.47. The van der Waals surface area contributed by atoms with Crippen LogP contribution in [0.25, 0.3) is 21.5 Å². The highest BCUT2D eigenvalue weighted by Gasteiger charge is 2.33. The standard InChI is InChI=1S/C26H24Cl2N4O3S/c27-18-2-1-3-19(28)22(18)23-17(24(35-30-23)15-4-5-15)8-9-31-10-12-32(13-11-31)26-29-20-7-6-16(25(33)34)14-21(20)36-26/h1-3,6-7,14-15H,4-5,8-13H2,(H,33,34). The molecular weight excluding hydrogens is 519 g/mol. The zero-order valence-corrected chi connectivity index (χ0v) is 21.7. The number of hydrogen-bond donors (Lipinski definition) is 1. The molecule has 3 heterocycles. The minimum Gasteiger partial charge on any atom is -0.478 e. The molecule has 10 heteroatoms. The molecule has 2 fully saturated rings. The Labute approximate surface area is 222 Å². The Balaban J connectivity index is 1.14. The Bertz CT molecular complexity index is 1420. The van der Waals surface area contributed by atoms with Gasteiger partial charge in [-0.2, -0.15) is 0 Å². The zero-order valence-electron chi connectivity index (χ0n) is 19.4. The number of carbonyl (C=O) groups is 1. The molecule has 0 amide bonds. The maximum absolute atomic E-state index is 11.3. The summed E-state index contributed by atoms with van der Waals surface area (Å²) in [7, 11) is 0. The molecule has 1 saturated heterocycles. The number of nitrogens with zero attached hydrogens (tertiary/aromatic N) is 4. The van der Waals surface area contributed by atoms with E-state index in [1.54, 1.807) is 29.5 Å². The van der Waals surface area contributed by atoms with Gasteiger partial charge in [0.15, 0.2) is 5.13 Å². The number of aromatic nitrogens is 2. The van der Waals surface area contributed by atoms with Crippen molar-refractivity contribution in [1.82, 2.24) is 15.0 Å². The lowest BCUT2D eigenvalue weighted by molar-refractivity contribution is 0.0697. The maximum atomic E-state index is 11.3. The fraction of sp³-hybridized carbons (Fsp3) is 0.346. The lowest BCUT2D eigenvalue weighted by atomic mass is 10.0. The molecule has 2 aromatic heterocycles. The Morgan fingerprint density at radius 2 is 1.86 bits per heavy atom. The molecule has 186 valence electrons. The van der Waals surface area contributed by atoms with E-state index in [2.05, 4.69) is 15.0 Å². The van der Waals surface area contributed by atoms with Gasteiger partial charge in [0.1, 0.15) is 11.5 Å². The van der Waals surface area contributed by atoms with Gasteiger partial charge < -0.3 is 14.5 Å². The molecule has 36 heavy (non-hydrogen) atoms. The van der Waals surface area contributed by atoms with E-state index in [0.29, 0.717) is 21.5 Å². The topological polar surface area (TPSA) is 82.7 Å². The first kappa shape index (κ1) is 23.7. The molecule has 7 nitrogen and oxygen atoms in total. The van der Waals surface area contributed by atoms with E-state index in [-0.39, 0.29) is 0 Å². The molecule has 1 saturated carbocycles. The van der Waals surface area contributed by atoms with Crippen molar-refractivity contribution < 1.29 is 14.4 Å². The summed E-state index contributed by atoms with van der Waals surface area (Å²) in [6, 6.07) is 10.6. The van der Waals surface area contributed by atoms with Gasteiger partial charge in [-0.25, -0.2) is 9.78 Å². The van der Waals surface area contributed by atoms with Crippen LogP contribution in [0.5, 0.6) is 0 Å². The van der Waals surface area contributed by atoms with Crippen LogP contribution in [-0.2, 0) is 6.42 Å². The predicted octanol–water partition coefficient (Wildman–Crippen LogP) is 6.20. The fourth-order valence-corrected chi connectivity index (χ4v) is 6.40. The van der Waals surface area contributed by atoms with Crippen LogP contribution >= 0.6 is 34.5 Å². The molecule has 1 aliphatic heterocycles. The number of hydrogen-bond acceptors (Lipinski definition) is 7. The van der Waals surface area contributed by atoms with Crippen molar-refractivity contribution in [3.63, 3.8) is 0 Å². The van der Waals surface area contributed by atoms with Crippen molar-refractivity contribution in [3.8, 4) is 11.3 Å². The van der Waals surface area contributed by atoms with E-state index in [0.717, 1.165) is 89.9 Å². The Kier molecular flexibility index (Phi) is 6.37. The Hall–Kier alpha value is -2.65. The number of carboxylic acids is 1. The predicted molar refractivity (Wildman–Crippen MR) is 143 cm³/mol. The molecule has 0 unspecified atom stereocenters. The first-order chi connectivity index (χ1) is 17.5. The molecule has 1 aliphatic carbocycles. The van der Waals surface area contributed by atoms with Crippen LogP contribution < -0.4 is 4.90 Å². The maximum Gasteiger partial charge on any atom is 0.335 e. The molecule has 2 aromatic carbocycles. The van der Waals surface area contributed by atoms with Crippen molar-refractivity contribution in [1.29, 1.82) is 0 Å². The van der Waals surface area contributed by atoms with E-state index < -0.39 is 5.97 Å². The molecule has 0 radical (unpaired) electrons. The third-order valence-electron chi connectivity index (χ3n) is 6.91. The van der Waals surface area contributed by atoms with Gasteiger partial charge in [0, 0.05) is 49.8 Å². The van der Waals surface area contributed by atoms with Gasteiger partial charge in [0.2, 0.25) is 0 Å². The number of anilines is 1. The van der Waals surface area contributed by atoms with Crippen LogP contribution in [0.2, 0.25) is 10.0 Å². The summed E-state index contributed by atoms with van der Waals surface area (Å²) in [4.78, 5) is 20.7. The normalized spacial score (nSPS) is 16.7. The molecule has 0 bridgehead atoms. The number of piperazine rings is 1. The van der Waals surface area contributed by atoms with Gasteiger partial charge in [-0.1, -0.05) is 45.8 Å². The van der Waals surface area contributed by atoms with Crippen molar-refractivity contribution in [3.05, 3.63) is 63.3 Å². The zero-order chi connectivity index (χ0) is 24.8. The largest absolute Gasteiger partial charge is 0.478 e. The van der Waals surface area contributed by atoms with E-state index in [1.165, 1.54) is 0 Å². The fourth-order valence-electron chi connectivity index (χ4n) is 4.76. The minimum atomic E-state index is -0.918. The summed E-state index contributed by atoms with van der Waals surface area (Å²) in [5.41, 5.74) is 3.77. The number of aromatic carboxylic acids is 1. The second kappa shape index (κ2) is 9.67. The number of rotatable bonds is 7. The second-order valence-electron chi connectivity index (χ2n) is 9.31. The highest BCUT2D eigenvalue weighted by Crippen LogP contribution is 2.46. The second-order valence-corrected chi connectivity index (χ2v) is 11.1. The monoisotopic (exact) mass is 542 g/mol. The minimum absolute atomic E-state index is 0.291. The van der Waals surface area contributed by atoms with E-state index in [1.807, 2.05) is 18.2 Å². The van der Waals surface area contributed by atoms with Crippen molar-refractivity contribution in [2.45, 2.75) is 25.2 Å². The van der Waals surface area contributed by atoms with Crippen LogP contribution in [0.4, 0.5) is 5.13 Å². The molecule has 1 N–H and O–H groups in total. The number of fused-ring (bicyclic) bond motifs is 1. The van der Waals surface area contributed by atoms with E-state index in [9.17, 15) is 9.90 Å². The average Bonchev–Trinajstić information content (AvgIpc) is 3.49. The smallest absolute Gasteiger partial charge is 0.335 e. The first-order valence-electron chi connectivity index (χ1n) is 12.0. The Morgan fingerprint density at radius 1 is 1.11 bits per heavy atom. The summed E-state index contributed by atoms with van der Waals surface area (Å²) in [6.07, 6.45) is 3.09. The molecule has 0 spiro atoms. The number of thiazole rings is 1. The molecule has 2 aliphatic rings. The van der Waals surface area contributed by atoms with Gasteiger partial charge >= 0.3 is 5.97 Å². The summed E-state index contributed by atoms with van der Waals surface area (Å²) >= 11 is 14.6. The Morgan fingerprint density at radius 3 is 2.56 bits per heavy atom. The SMILES string of the molecule is O=C(O)c1ccc2nc(N3CCN(CCc4c(-c5c(Cl)cccc5Cl)noc4C4CC4)CC3)sc2c1. The van der Waals surface area contributed by atoms with Crippen molar-refractivity contribution in [2.24, 2.45) is 0 Å². The van der Waals surface area contributed by atoms with Crippen molar-refractivity contribution >= 4 is 55.9 Å². The van der Waals surface area contributed by atoms with Gasteiger partial charge in [-0.3, -0.25) is 4.90 Å². The third kappa shape index (κ3) is 4.59. The van der Waals surface area contributed by atoms with Gasteiger partial charge in [-0.15, -0.1) is 0 Å². The highest BCUT2D eigenvalue weighted by molar-refractivity contribution is 7.22. The third-order valence-corrected chi connectivity index (χ3v) is 8.62. The summed E-state index contributed by atoms with van der Waals surface area (Å²) in [5.74, 6) is 0.507. The number of benzene rings is 2. The van der Waals surface area contributed by atoms with Crippen LogP contribution in [0, 0.1) is 0 Å². The number of halogens is 2. The quantitative estimate of drug-likeness (QED) is 0.297. The van der Waals surface area contributed by atoms with Crippen LogP contribution in [0.3, 0.4) is 0 Å². The molecular formula is C26H24Cl2N4O3S. The van der Waals surface area contributed by atoms with E-state index in [4.69, 9.17) is 32.7 Å². The van der Waals surface area contributed by atoms with Gasteiger partial charge in [0.05, 0.1) is 25.8 Å². The van der Waals surface area contributed by atoms with Gasteiger partial charge in [-0.05, 0) is 49.6 Å². The summed E-state index contributed by atoms with van der Waals surface area (Å²) in [5, 5.41) is 15.8. The molecule has 0 atom stereocenters. The summed E-state index contributed by atoms with van der Waals surface area (Å²) in [6.45, 7) is 4.47. The number of carboxylic acid groups (broad SMARTS) is 1.